The molecule has 39 heavy (non-hydrogen) atoms. The average Bonchev–Trinajstić information content (AvgIpc) is 3.65. The van der Waals surface area contributed by atoms with E-state index >= 15 is 0 Å². The van der Waals surface area contributed by atoms with Crippen molar-refractivity contribution in [3.05, 3.63) is 46.0 Å². The molecule has 1 amide bonds. The summed E-state index contributed by atoms with van der Waals surface area (Å²) in [7, 11) is 2.60. The van der Waals surface area contributed by atoms with E-state index < -0.39 is 35.9 Å². The number of carbonyl (C=O) groups is 1. The smallest absolute Gasteiger partial charge is 0.427 e. The number of alkyl carbamates (subject to hydrolysis) is 1. The summed E-state index contributed by atoms with van der Waals surface area (Å²) in [6, 6.07) is 3.83. The molecular weight excluding hydrogens is 539 g/mol. The minimum Gasteiger partial charge on any atom is -0.494 e. The molecule has 2 N–H and O–H groups in total. The summed E-state index contributed by atoms with van der Waals surface area (Å²) in [4.78, 5) is 36.7. The first kappa shape index (κ1) is 22.8. The number of nitrogens with one attached hydrogen (secondary N) is 2. The summed E-state index contributed by atoms with van der Waals surface area (Å²) < 4.78 is 75.2. The van der Waals surface area contributed by atoms with Crippen LogP contribution in [-0.4, -0.2) is 50.4 Å². The third-order valence-corrected chi connectivity index (χ3v) is 7.41. The highest BCUT2D eigenvalue weighted by molar-refractivity contribution is 7.15. The number of aromatic nitrogens is 5. The number of amides is 1. The Bertz CT molecular complexity index is 1700. The van der Waals surface area contributed by atoms with Gasteiger partial charge in [-0.15, -0.1) is 11.3 Å². The number of thiazole rings is 1. The second-order valence-electron chi connectivity index (χ2n) is 8.75. The summed E-state index contributed by atoms with van der Waals surface area (Å²) >= 11 is 0.417. The van der Waals surface area contributed by atoms with E-state index in [9.17, 15) is 22.8 Å². The van der Waals surface area contributed by atoms with Gasteiger partial charge in [0.1, 0.15) is 33.0 Å². The number of halogens is 3. The Hall–Kier alpha value is -4.14. The Morgan fingerprint density at radius 1 is 1.18 bits per heavy atom. The fourth-order valence-corrected chi connectivity index (χ4v) is 5.34. The molecule has 4 aromatic rings. The van der Waals surface area contributed by atoms with Gasteiger partial charge >= 0.3 is 18.0 Å². The number of rotatable bonds is 6. The molecule has 0 aromatic carbocycles. The van der Waals surface area contributed by atoms with Crippen LogP contribution in [0.5, 0.6) is 5.75 Å². The molecule has 0 saturated heterocycles. The van der Waals surface area contributed by atoms with Crippen LogP contribution in [0.15, 0.2) is 35.4 Å². The largest absolute Gasteiger partial charge is 0.494 e. The zero-order chi connectivity index (χ0) is 30.4. The van der Waals surface area contributed by atoms with E-state index in [-0.39, 0.29) is 39.6 Å². The second-order valence-corrected chi connectivity index (χ2v) is 9.78. The fourth-order valence-electron chi connectivity index (χ4n) is 4.57. The number of ether oxygens (including phenoxy) is 2. The maximum atomic E-state index is 13.4. The summed E-state index contributed by atoms with van der Waals surface area (Å²) in [6.07, 6.45) is -1.77. The van der Waals surface area contributed by atoms with E-state index in [4.69, 9.17) is 8.85 Å². The highest BCUT2D eigenvalue weighted by Gasteiger charge is 2.34. The minimum atomic E-state index is -4.56. The van der Waals surface area contributed by atoms with Gasteiger partial charge in [0.2, 0.25) is 0 Å². The summed E-state index contributed by atoms with van der Waals surface area (Å²) in [5.41, 5.74) is -0.298. The topological polar surface area (TPSA) is 125 Å². The molecule has 0 aliphatic heterocycles. The Kier molecular flexibility index (Phi) is 5.97. The predicted molar refractivity (Wildman–Crippen MR) is 137 cm³/mol. The number of aryl methyl sites for hydroxylation is 1. The number of anilines is 2. The molecule has 0 bridgehead atoms. The first-order valence-electron chi connectivity index (χ1n) is 13.1. The quantitative estimate of drug-likeness (QED) is 0.350. The molecular formula is C24H24F3N7O4S. The normalized spacial score (nSPS) is 18.8. The molecule has 15 heteroatoms. The van der Waals surface area contributed by atoms with E-state index in [0.717, 1.165) is 6.20 Å². The Morgan fingerprint density at radius 3 is 2.69 bits per heavy atom. The van der Waals surface area contributed by atoms with E-state index in [0.29, 0.717) is 40.7 Å². The van der Waals surface area contributed by atoms with Gasteiger partial charge < -0.3 is 20.1 Å². The van der Waals surface area contributed by atoms with Crippen molar-refractivity contribution in [2.75, 3.05) is 19.5 Å². The predicted octanol–water partition coefficient (Wildman–Crippen LogP) is 4.47. The Labute approximate surface area is 227 Å². The molecule has 1 aliphatic rings. The number of hydrogen-bond acceptors (Lipinski definition) is 9. The van der Waals surface area contributed by atoms with Crippen LogP contribution in [0.25, 0.3) is 21.7 Å². The van der Waals surface area contributed by atoms with Crippen molar-refractivity contribution in [3.8, 4) is 16.5 Å². The van der Waals surface area contributed by atoms with Gasteiger partial charge in [0, 0.05) is 29.2 Å². The van der Waals surface area contributed by atoms with Crippen molar-refractivity contribution in [1.29, 1.82) is 0 Å². The van der Waals surface area contributed by atoms with Crippen LogP contribution < -0.4 is 21.1 Å². The van der Waals surface area contributed by atoms with Gasteiger partial charge in [-0.25, -0.2) is 24.5 Å². The molecule has 4 heterocycles. The highest BCUT2D eigenvalue weighted by atomic mass is 32.1. The third kappa shape index (κ3) is 5.13. The third-order valence-electron chi connectivity index (χ3n) is 6.36. The van der Waals surface area contributed by atoms with Crippen LogP contribution in [0.3, 0.4) is 0 Å². The Morgan fingerprint density at radius 2 is 2.00 bits per heavy atom. The number of alkyl halides is 3. The van der Waals surface area contributed by atoms with E-state index in [1.54, 1.807) is 0 Å². The van der Waals surface area contributed by atoms with E-state index in [1.807, 2.05) is 0 Å². The standard InChI is InChI=1S/C24H24F3N7O4S/c1-33-15-10-28-19(9-14(15)34(23(33)36)13-5-4-12(8-13)30-22(35)38-3)31-18-7-6-16(37-2)20(32-18)21-29-11-17(39-21)24(25,26)27/h6-7,9-13H,4-5,8H2,1-3H3,(H,30,35)(H,28,31,32)/t12-,13-/m1/s1/i1D3. The SMILES string of the molecule is [2H]C([2H])([2H])n1c(=O)n([C@@H]2CC[C@@H](NC(=O)OC)C2)c2cc(Nc3ccc(OC)c(-c4ncc(C(F)(F)F)s4)n3)ncc21. The molecule has 0 unspecified atom stereocenters. The number of methoxy groups -OCH3 is 2. The van der Waals surface area contributed by atoms with Crippen molar-refractivity contribution in [2.24, 2.45) is 6.98 Å². The highest BCUT2D eigenvalue weighted by Crippen LogP contribution is 2.39. The molecule has 2 atom stereocenters. The lowest BCUT2D eigenvalue weighted by atomic mass is 10.2. The maximum absolute atomic E-state index is 13.4. The number of carbonyl (C=O) groups excluding carboxylic acids is 1. The molecule has 206 valence electrons. The van der Waals surface area contributed by atoms with Crippen LogP contribution in [0.1, 0.15) is 34.3 Å². The molecule has 1 fully saturated rings. The zero-order valence-electron chi connectivity index (χ0n) is 23.6. The monoisotopic (exact) mass is 566 g/mol. The number of imidazole rings is 1. The minimum absolute atomic E-state index is 0.00817. The Balaban J connectivity index is 1.52. The van der Waals surface area contributed by atoms with Gasteiger partial charge in [-0.1, -0.05) is 0 Å². The summed E-state index contributed by atoms with van der Waals surface area (Å²) in [6.45, 7) is -2.78. The first-order chi connectivity index (χ1) is 19.8. The van der Waals surface area contributed by atoms with E-state index in [2.05, 4.69) is 30.3 Å². The number of pyridine rings is 2. The van der Waals surface area contributed by atoms with Crippen molar-refractivity contribution >= 4 is 40.1 Å². The van der Waals surface area contributed by atoms with Crippen molar-refractivity contribution in [1.82, 2.24) is 29.4 Å². The molecule has 4 aromatic heterocycles. The van der Waals surface area contributed by atoms with Gasteiger partial charge in [-0.2, -0.15) is 13.2 Å². The molecule has 0 spiro atoms. The van der Waals surface area contributed by atoms with Gasteiger partial charge in [0.05, 0.1) is 37.6 Å². The second kappa shape index (κ2) is 10.2. The van der Waals surface area contributed by atoms with Crippen molar-refractivity contribution in [3.63, 3.8) is 0 Å². The average molecular weight is 567 g/mol. The fraction of sp³-hybridized carbons (Fsp3) is 0.375. The van der Waals surface area contributed by atoms with Crippen molar-refractivity contribution in [2.45, 2.75) is 37.5 Å². The van der Waals surface area contributed by atoms with Crippen LogP contribution in [0.2, 0.25) is 0 Å². The molecule has 11 nitrogen and oxygen atoms in total. The zero-order valence-corrected chi connectivity index (χ0v) is 21.4. The van der Waals surface area contributed by atoms with Gasteiger partial charge in [0.25, 0.3) is 0 Å². The number of hydrogen-bond donors (Lipinski definition) is 2. The maximum Gasteiger partial charge on any atom is 0.427 e. The molecule has 1 aliphatic carbocycles. The first-order valence-corrected chi connectivity index (χ1v) is 12.4. The van der Waals surface area contributed by atoms with Crippen LogP contribution in [0.4, 0.5) is 29.6 Å². The van der Waals surface area contributed by atoms with Gasteiger partial charge in [-0.3, -0.25) is 9.13 Å². The lowest BCUT2D eigenvalue weighted by Gasteiger charge is -2.14. The molecule has 1 saturated carbocycles. The lowest BCUT2D eigenvalue weighted by molar-refractivity contribution is -0.134. The number of nitrogens with zero attached hydrogens (tertiary/aromatic N) is 5. The summed E-state index contributed by atoms with van der Waals surface area (Å²) in [5.74, 6) is 0.584. The van der Waals surface area contributed by atoms with Crippen molar-refractivity contribution < 1.29 is 31.6 Å². The lowest BCUT2D eigenvalue weighted by Crippen LogP contribution is -2.33. The van der Waals surface area contributed by atoms with Gasteiger partial charge in [-0.05, 0) is 31.4 Å². The van der Waals surface area contributed by atoms with E-state index in [1.165, 1.54) is 43.2 Å². The van der Waals surface area contributed by atoms with Crippen LogP contribution in [0, 0.1) is 0 Å². The van der Waals surface area contributed by atoms with Crippen LogP contribution >= 0.6 is 11.3 Å². The van der Waals surface area contributed by atoms with Gasteiger partial charge in [0.15, 0.2) is 0 Å². The van der Waals surface area contributed by atoms with Crippen LogP contribution in [-0.2, 0) is 17.9 Å². The molecule has 0 radical (unpaired) electrons. The summed E-state index contributed by atoms with van der Waals surface area (Å²) in [5, 5.41) is 5.66. The number of fused-ring (bicyclic) bond motifs is 1. The molecule has 5 rings (SSSR count).